The highest BCUT2D eigenvalue weighted by atomic mass is 16.5. The van der Waals surface area contributed by atoms with Crippen LogP contribution in [0.1, 0.15) is 18.4 Å². The van der Waals surface area contributed by atoms with E-state index in [9.17, 15) is 4.79 Å². The Bertz CT molecular complexity index is 792. The van der Waals surface area contributed by atoms with E-state index in [1.165, 1.54) is 5.56 Å². The van der Waals surface area contributed by atoms with Crippen molar-refractivity contribution in [3.63, 3.8) is 0 Å². The molecule has 0 aliphatic carbocycles. The number of carbonyl (C=O) groups is 1. The van der Waals surface area contributed by atoms with Crippen LogP contribution in [0.4, 0.5) is 0 Å². The van der Waals surface area contributed by atoms with Crippen molar-refractivity contribution in [2.45, 2.75) is 18.9 Å². The van der Waals surface area contributed by atoms with E-state index in [-0.39, 0.29) is 17.9 Å². The summed E-state index contributed by atoms with van der Waals surface area (Å²) in [7, 11) is 1.68. The Morgan fingerprint density at radius 2 is 2.19 bits per heavy atom. The van der Waals surface area contributed by atoms with Crippen molar-refractivity contribution in [2.24, 2.45) is 0 Å². The molecule has 144 valence electrons. The molecule has 1 aromatic heterocycles. The van der Waals surface area contributed by atoms with Gasteiger partial charge in [-0.15, -0.1) is 0 Å². The molecule has 27 heavy (non-hydrogen) atoms. The van der Waals surface area contributed by atoms with E-state index in [0.29, 0.717) is 0 Å². The molecule has 4 rings (SSSR count). The highest BCUT2D eigenvalue weighted by Gasteiger charge is 2.36. The molecule has 7 heteroatoms. The molecule has 2 aliphatic heterocycles. The average molecular weight is 369 g/mol. The normalized spacial score (nSPS) is 21.8. The van der Waals surface area contributed by atoms with Gasteiger partial charge in [0.15, 0.2) is 0 Å². The number of nitrogens with one attached hydrogen (secondary N) is 2. The molecule has 0 saturated carbocycles. The fourth-order valence-electron chi connectivity index (χ4n) is 4.09. The molecule has 1 aromatic carbocycles. The zero-order valence-electron chi connectivity index (χ0n) is 15.9. The number of amides is 1. The van der Waals surface area contributed by atoms with E-state index in [1.807, 2.05) is 17.0 Å². The van der Waals surface area contributed by atoms with Gasteiger partial charge in [-0.25, -0.2) is 0 Å². The summed E-state index contributed by atoms with van der Waals surface area (Å²) in [5.41, 5.74) is 3.11. The zero-order chi connectivity index (χ0) is 18.8. The number of aromatic nitrogens is 2. The van der Waals surface area contributed by atoms with Crippen LogP contribution < -0.4 is 10.1 Å². The van der Waals surface area contributed by atoms with Crippen LogP contribution in [0.5, 0.6) is 5.75 Å². The molecule has 7 nitrogen and oxygen atoms in total. The second-order valence-electron chi connectivity index (χ2n) is 7.37. The average Bonchev–Trinajstić information content (AvgIpc) is 3.24. The summed E-state index contributed by atoms with van der Waals surface area (Å²) in [4.78, 5) is 17.2. The third-order valence-electron chi connectivity index (χ3n) is 5.69. The second-order valence-corrected chi connectivity index (χ2v) is 7.37. The summed E-state index contributed by atoms with van der Waals surface area (Å²) < 4.78 is 5.51. The summed E-state index contributed by atoms with van der Waals surface area (Å²) >= 11 is 0. The van der Waals surface area contributed by atoms with E-state index < -0.39 is 0 Å². The van der Waals surface area contributed by atoms with Gasteiger partial charge in [0.05, 0.1) is 12.8 Å². The third-order valence-corrected chi connectivity index (χ3v) is 5.69. The monoisotopic (exact) mass is 369 g/mol. The predicted octanol–water partition coefficient (Wildman–Crippen LogP) is 1.30. The van der Waals surface area contributed by atoms with E-state index in [1.54, 1.807) is 13.3 Å². The van der Waals surface area contributed by atoms with Gasteiger partial charge < -0.3 is 15.0 Å². The molecule has 2 atom stereocenters. The lowest BCUT2D eigenvalue weighted by molar-refractivity contribution is -0.142. The molecule has 2 aliphatic rings. The lowest BCUT2D eigenvalue weighted by Crippen LogP contribution is -2.64. The van der Waals surface area contributed by atoms with Gasteiger partial charge in [-0.1, -0.05) is 13.0 Å². The first kappa shape index (κ1) is 18.0. The molecular weight excluding hydrogens is 342 g/mol. The van der Waals surface area contributed by atoms with Crippen LogP contribution in [0.25, 0.3) is 11.3 Å². The topological polar surface area (TPSA) is 73.5 Å². The number of methoxy groups -OCH3 is 1. The minimum absolute atomic E-state index is 0.00359. The maximum atomic E-state index is 12.9. The number of H-pyrrole nitrogens is 1. The lowest BCUT2D eigenvalue weighted by atomic mass is 9.96. The maximum absolute atomic E-state index is 12.9. The van der Waals surface area contributed by atoms with E-state index in [4.69, 9.17) is 4.74 Å². The Labute approximate surface area is 159 Å². The number of carbonyl (C=O) groups excluding carboxylic acids is 1. The molecule has 0 radical (unpaired) electrons. The Hall–Kier alpha value is -2.38. The van der Waals surface area contributed by atoms with Gasteiger partial charge in [0, 0.05) is 51.0 Å². The first-order valence-corrected chi connectivity index (χ1v) is 9.58. The van der Waals surface area contributed by atoms with Crippen LogP contribution in [0.15, 0.2) is 30.5 Å². The van der Waals surface area contributed by atoms with Gasteiger partial charge in [0.1, 0.15) is 11.8 Å². The molecular formula is C20H27N5O2. The highest BCUT2D eigenvalue weighted by molar-refractivity contribution is 5.83. The number of benzene rings is 1. The van der Waals surface area contributed by atoms with Crippen LogP contribution in [-0.4, -0.2) is 78.3 Å². The molecule has 2 aromatic rings. The fourth-order valence-corrected chi connectivity index (χ4v) is 4.09. The Balaban J connectivity index is 1.50. The molecule has 1 unspecified atom stereocenters. The number of piperazine rings is 2. The first-order valence-electron chi connectivity index (χ1n) is 9.58. The van der Waals surface area contributed by atoms with Gasteiger partial charge in [0.25, 0.3) is 0 Å². The van der Waals surface area contributed by atoms with Gasteiger partial charge in [-0.3, -0.25) is 14.8 Å². The van der Waals surface area contributed by atoms with Gasteiger partial charge >= 0.3 is 0 Å². The van der Waals surface area contributed by atoms with Crippen LogP contribution >= 0.6 is 0 Å². The summed E-state index contributed by atoms with van der Waals surface area (Å²) in [6, 6.07) is 8.15. The number of fused-ring (bicyclic) bond motifs is 1. The van der Waals surface area contributed by atoms with Crippen molar-refractivity contribution in [3.05, 3.63) is 36.0 Å². The van der Waals surface area contributed by atoms with Crippen molar-refractivity contribution in [1.82, 2.24) is 25.3 Å². The third kappa shape index (κ3) is 3.57. The quantitative estimate of drug-likeness (QED) is 0.831. The summed E-state index contributed by atoms with van der Waals surface area (Å²) in [5, 5.41) is 10.4. The number of rotatable bonds is 5. The number of aromatic amines is 1. The molecule has 0 bridgehead atoms. The van der Waals surface area contributed by atoms with Gasteiger partial charge in [-0.2, -0.15) is 5.10 Å². The zero-order valence-corrected chi connectivity index (χ0v) is 15.9. The summed E-state index contributed by atoms with van der Waals surface area (Å²) in [6.45, 7) is 7.38. The van der Waals surface area contributed by atoms with Crippen LogP contribution in [-0.2, 0) is 4.79 Å². The van der Waals surface area contributed by atoms with Crippen molar-refractivity contribution < 1.29 is 9.53 Å². The second kappa shape index (κ2) is 7.70. The van der Waals surface area contributed by atoms with Crippen LogP contribution in [0, 0.1) is 0 Å². The number of nitrogens with zero attached hydrogens (tertiary/aromatic N) is 3. The fraction of sp³-hybridized carbons (Fsp3) is 0.500. The first-order chi connectivity index (χ1) is 13.2. The number of hydrogen-bond donors (Lipinski definition) is 2. The van der Waals surface area contributed by atoms with E-state index in [2.05, 4.69) is 39.5 Å². The lowest BCUT2D eigenvalue weighted by Gasteiger charge is -2.44. The van der Waals surface area contributed by atoms with Crippen molar-refractivity contribution in [1.29, 1.82) is 0 Å². The number of hydrogen-bond acceptors (Lipinski definition) is 5. The highest BCUT2D eigenvalue weighted by Crippen LogP contribution is 2.32. The molecule has 0 spiro atoms. The Kier molecular flexibility index (Phi) is 5.13. The minimum atomic E-state index is -0.00359. The smallest absolute Gasteiger partial charge is 0.241 e. The van der Waals surface area contributed by atoms with Crippen molar-refractivity contribution in [2.75, 3.05) is 46.4 Å². The SMILES string of the molecule is COc1ccc(C(C)CN2CCN3CCNC[C@@H]3C2=O)cc1-c1ccn[nH]1. The summed E-state index contributed by atoms with van der Waals surface area (Å²) in [5.74, 6) is 1.31. The largest absolute Gasteiger partial charge is 0.496 e. The molecule has 2 N–H and O–H groups in total. The van der Waals surface area contributed by atoms with Crippen molar-refractivity contribution in [3.8, 4) is 17.0 Å². The molecule has 2 saturated heterocycles. The van der Waals surface area contributed by atoms with E-state index in [0.717, 1.165) is 56.3 Å². The van der Waals surface area contributed by atoms with Gasteiger partial charge in [0.2, 0.25) is 5.91 Å². The standard InChI is InChI=1S/C20H27N5O2/c1-14(13-25-10-9-24-8-7-21-12-18(24)20(25)26)15-3-4-19(27-2)16(11-15)17-5-6-22-23-17/h3-6,11,14,18,21H,7-10,12-13H2,1-2H3,(H,22,23)/t14?,18-/m1/s1. The van der Waals surface area contributed by atoms with E-state index >= 15 is 0 Å². The number of ether oxygens (including phenoxy) is 1. The Morgan fingerprint density at radius 3 is 2.96 bits per heavy atom. The molecule has 1 amide bonds. The summed E-state index contributed by atoms with van der Waals surface area (Å²) in [6.07, 6.45) is 1.74. The Morgan fingerprint density at radius 1 is 1.30 bits per heavy atom. The molecule has 2 fully saturated rings. The van der Waals surface area contributed by atoms with Crippen molar-refractivity contribution >= 4 is 5.91 Å². The van der Waals surface area contributed by atoms with Crippen LogP contribution in [0.2, 0.25) is 0 Å². The predicted molar refractivity (Wildman–Crippen MR) is 104 cm³/mol. The maximum Gasteiger partial charge on any atom is 0.241 e. The minimum Gasteiger partial charge on any atom is -0.496 e. The van der Waals surface area contributed by atoms with Gasteiger partial charge in [-0.05, 0) is 29.7 Å². The van der Waals surface area contributed by atoms with Crippen LogP contribution in [0.3, 0.4) is 0 Å². The molecule has 3 heterocycles.